The minimum atomic E-state index is 1.05. The minimum Gasteiger partial charge on any atom is -0.379 e. The van der Waals surface area contributed by atoms with Gasteiger partial charge in [0, 0.05) is 19.3 Å². The second kappa shape index (κ2) is 9.54. The van der Waals surface area contributed by atoms with Crippen molar-refractivity contribution in [2.45, 2.75) is 40.5 Å². The first-order valence-corrected chi connectivity index (χ1v) is 4.46. The molecule has 0 atom stereocenters. The molecule has 0 radical (unpaired) electrons. The normalized spacial score (nSPS) is 8.09. The summed E-state index contributed by atoms with van der Waals surface area (Å²) in [5, 5.41) is 0. The summed E-state index contributed by atoms with van der Waals surface area (Å²) in [6, 6.07) is 0. The zero-order valence-electron chi connectivity index (χ0n) is 8.78. The first-order valence-electron chi connectivity index (χ1n) is 4.46. The maximum atomic E-state index is 3.75. The molecule has 11 heavy (non-hydrogen) atoms. The van der Waals surface area contributed by atoms with Crippen molar-refractivity contribution in [3.05, 3.63) is 12.3 Å². The molecule has 0 rings (SSSR count). The van der Waals surface area contributed by atoms with Gasteiger partial charge in [0.15, 0.2) is 0 Å². The van der Waals surface area contributed by atoms with Crippen LogP contribution in [0, 0.1) is 0 Å². The van der Waals surface area contributed by atoms with Crippen LogP contribution >= 0.6 is 0 Å². The molecule has 68 valence electrons. The molecule has 1 nitrogen and oxygen atoms in total. The molecule has 0 amide bonds. The van der Waals surface area contributed by atoms with Gasteiger partial charge in [-0.25, -0.2) is 0 Å². The molecule has 0 N–H and O–H groups in total. The number of hydrogen-bond donors (Lipinski definition) is 0. The Bertz CT molecular complexity index is 84.9. The van der Waals surface area contributed by atoms with E-state index in [-0.39, 0.29) is 0 Å². The molecule has 0 fully saturated rings. The predicted molar refractivity (Wildman–Crippen MR) is 53.7 cm³/mol. The first-order chi connectivity index (χ1) is 5.09. The minimum absolute atomic E-state index is 1.05. The van der Waals surface area contributed by atoms with Gasteiger partial charge in [0.05, 0.1) is 0 Å². The molecule has 0 aromatic heterocycles. The maximum absolute atomic E-state index is 3.75. The highest BCUT2D eigenvalue weighted by Crippen LogP contribution is 1.91. The molecule has 0 heterocycles. The average molecular weight is 157 g/mol. The second-order valence-corrected chi connectivity index (χ2v) is 2.75. The third-order valence-corrected chi connectivity index (χ3v) is 1.63. The number of unbranched alkanes of at least 4 members (excludes halogenated alkanes) is 1. The predicted octanol–water partition coefficient (Wildman–Crippen LogP) is 3.28. The third-order valence-electron chi connectivity index (χ3n) is 1.63. The van der Waals surface area contributed by atoms with E-state index < -0.39 is 0 Å². The molecule has 0 spiro atoms. The van der Waals surface area contributed by atoms with Gasteiger partial charge in [-0.2, -0.15) is 0 Å². The molecule has 0 unspecified atom stereocenters. The van der Waals surface area contributed by atoms with Crippen LogP contribution in [0.2, 0.25) is 0 Å². The summed E-state index contributed by atoms with van der Waals surface area (Å²) >= 11 is 0. The number of allylic oxidation sites excluding steroid dienone is 1. The van der Waals surface area contributed by atoms with Gasteiger partial charge in [0.1, 0.15) is 0 Å². The van der Waals surface area contributed by atoms with Crippen LogP contribution in [0.5, 0.6) is 0 Å². The molecule has 0 saturated heterocycles. The summed E-state index contributed by atoms with van der Waals surface area (Å²) in [4.78, 5) is 2.10. The Hall–Kier alpha value is -0.460. The lowest BCUT2D eigenvalue weighted by molar-refractivity contribution is 0.445. The van der Waals surface area contributed by atoms with Crippen LogP contribution < -0.4 is 0 Å². The smallest absolute Gasteiger partial charge is 0.0143 e. The van der Waals surface area contributed by atoms with Crippen LogP contribution in [0.3, 0.4) is 0 Å². The topological polar surface area (TPSA) is 3.24 Å². The monoisotopic (exact) mass is 157 g/mol. The van der Waals surface area contributed by atoms with E-state index in [0.717, 1.165) is 12.2 Å². The Morgan fingerprint density at radius 2 is 1.55 bits per heavy atom. The fourth-order valence-corrected chi connectivity index (χ4v) is 0.270. The van der Waals surface area contributed by atoms with E-state index >= 15 is 0 Å². The summed E-state index contributed by atoms with van der Waals surface area (Å²) in [5.41, 5.74) is 1.13. The molecular formula is C10H23N. The van der Waals surface area contributed by atoms with Crippen molar-refractivity contribution in [2.75, 3.05) is 13.6 Å². The molecule has 0 aromatic rings. The van der Waals surface area contributed by atoms with E-state index in [2.05, 4.69) is 32.3 Å². The Labute approximate surface area is 72.1 Å². The van der Waals surface area contributed by atoms with E-state index in [9.17, 15) is 0 Å². The molecule has 1 heteroatoms. The number of rotatable bonds is 3. The molecular weight excluding hydrogens is 134 g/mol. The van der Waals surface area contributed by atoms with Crippen LogP contribution in [0.15, 0.2) is 12.3 Å². The highest BCUT2D eigenvalue weighted by atomic mass is 15.1. The maximum Gasteiger partial charge on any atom is 0.0143 e. The summed E-state index contributed by atoms with van der Waals surface area (Å²) in [7, 11) is 2.03. The molecule has 0 aliphatic carbocycles. The fraction of sp³-hybridized carbons (Fsp3) is 0.800. The van der Waals surface area contributed by atoms with Crippen LogP contribution in [-0.4, -0.2) is 18.5 Å². The lowest BCUT2D eigenvalue weighted by Gasteiger charge is -2.14. The molecule has 0 aliphatic heterocycles. The van der Waals surface area contributed by atoms with Crippen molar-refractivity contribution in [2.24, 2.45) is 0 Å². The summed E-state index contributed by atoms with van der Waals surface area (Å²) < 4.78 is 0. The van der Waals surface area contributed by atoms with Crippen molar-refractivity contribution < 1.29 is 0 Å². The van der Waals surface area contributed by atoms with Gasteiger partial charge in [0.2, 0.25) is 0 Å². The van der Waals surface area contributed by atoms with Gasteiger partial charge in [-0.1, -0.05) is 33.3 Å². The molecule has 0 aromatic carbocycles. The zero-order valence-corrected chi connectivity index (χ0v) is 8.78. The van der Waals surface area contributed by atoms with E-state index in [4.69, 9.17) is 0 Å². The average Bonchev–Trinajstić information content (AvgIpc) is 2.03. The second-order valence-electron chi connectivity index (χ2n) is 2.75. The summed E-state index contributed by atoms with van der Waals surface area (Å²) in [5.74, 6) is 0. The first kappa shape index (κ1) is 13.2. The van der Waals surface area contributed by atoms with Crippen LogP contribution in [0.1, 0.15) is 40.5 Å². The molecule has 0 saturated carbocycles. The third kappa shape index (κ3) is 12.7. The molecule has 0 bridgehead atoms. The van der Waals surface area contributed by atoms with Crippen molar-refractivity contribution in [3.63, 3.8) is 0 Å². The van der Waals surface area contributed by atoms with Gasteiger partial charge < -0.3 is 4.90 Å². The Kier molecular flexibility index (Phi) is 11.4. The molecule has 0 aliphatic rings. The Morgan fingerprint density at radius 3 is 1.55 bits per heavy atom. The zero-order chi connectivity index (χ0) is 9.28. The van der Waals surface area contributed by atoms with E-state index in [0.29, 0.717) is 0 Å². The quantitative estimate of drug-likeness (QED) is 0.607. The van der Waals surface area contributed by atoms with Gasteiger partial charge >= 0.3 is 0 Å². The lowest BCUT2D eigenvalue weighted by atomic mass is 10.4. The van der Waals surface area contributed by atoms with Crippen molar-refractivity contribution in [1.29, 1.82) is 0 Å². The Balaban J connectivity index is 0. The largest absolute Gasteiger partial charge is 0.379 e. The summed E-state index contributed by atoms with van der Waals surface area (Å²) in [6.07, 6.45) is 2.64. The van der Waals surface area contributed by atoms with Gasteiger partial charge in [0.25, 0.3) is 0 Å². The number of nitrogens with zero attached hydrogens (tertiary/aromatic N) is 1. The van der Waals surface area contributed by atoms with Crippen molar-refractivity contribution in [3.8, 4) is 0 Å². The highest BCUT2D eigenvalue weighted by molar-refractivity contribution is 4.84. The SMILES string of the molecule is C=C(C)N(C)CC.CCCC. The highest BCUT2D eigenvalue weighted by Gasteiger charge is 1.86. The van der Waals surface area contributed by atoms with Gasteiger partial charge in [-0.05, 0) is 13.8 Å². The number of hydrogen-bond acceptors (Lipinski definition) is 1. The van der Waals surface area contributed by atoms with Gasteiger partial charge in [-0.15, -0.1) is 0 Å². The van der Waals surface area contributed by atoms with Crippen LogP contribution in [0.25, 0.3) is 0 Å². The lowest BCUT2D eigenvalue weighted by Crippen LogP contribution is -2.13. The van der Waals surface area contributed by atoms with Crippen LogP contribution in [0.4, 0.5) is 0 Å². The summed E-state index contributed by atoms with van der Waals surface area (Å²) in [6.45, 7) is 13.3. The van der Waals surface area contributed by atoms with E-state index in [1.165, 1.54) is 12.8 Å². The fourth-order valence-electron chi connectivity index (χ4n) is 0.270. The van der Waals surface area contributed by atoms with Crippen LogP contribution in [-0.2, 0) is 0 Å². The van der Waals surface area contributed by atoms with E-state index in [1.54, 1.807) is 0 Å². The van der Waals surface area contributed by atoms with Gasteiger partial charge in [-0.3, -0.25) is 0 Å². The Morgan fingerprint density at radius 1 is 1.18 bits per heavy atom. The van der Waals surface area contributed by atoms with Crippen molar-refractivity contribution in [1.82, 2.24) is 4.90 Å². The van der Waals surface area contributed by atoms with E-state index in [1.807, 2.05) is 14.0 Å². The standard InChI is InChI=1S/C6H13N.C4H10/c1-5-7(4)6(2)3;1-3-4-2/h2,5H2,1,3-4H3;3-4H2,1-2H3. The van der Waals surface area contributed by atoms with Crippen molar-refractivity contribution >= 4 is 0 Å².